The fourth-order valence-corrected chi connectivity index (χ4v) is 2.49. The van der Waals surface area contributed by atoms with Crippen LogP contribution in [-0.2, 0) is 6.61 Å². The molecule has 0 radical (unpaired) electrons. The third-order valence-corrected chi connectivity index (χ3v) is 4.10. The average Bonchev–Trinajstić information content (AvgIpc) is 3.01. The lowest BCUT2D eigenvalue weighted by Crippen LogP contribution is -2.34. The molecular weight excluding hydrogens is 318 g/mol. The Bertz CT molecular complexity index is 718. The summed E-state index contributed by atoms with van der Waals surface area (Å²) < 4.78 is 11.3. The molecule has 1 aromatic carbocycles. The van der Waals surface area contributed by atoms with Crippen LogP contribution in [0.3, 0.4) is 0 Å². The molecule has 1 amide bonds. The number of furan rings is 1. The number of hydrogen-bond acceptors (Lipinski definition) is 4. The van der Waals surface area contributed by atoms with Gasteiger partial charge >= 0.3 is 0 Å². The van der Waals surface area contributed by atoms with E-state index in [0.29, 0.717) is 18.7 Å². The average molecular weight is 345 g/mol. The topological polar surface area (TPSA) is 71.7 Å². The number of carbonyl (C=O) groups excluding carboxylic acids is 1. The number of ether oxygens (including phenoxy) is 1. The number of benzene rings is 1. The molecule has 0 aliphatic rings. The highest BCUT2D eigenvalue weighted by Crippen LogP contribution is 2.21. The molecule has 5 nitrogen and oxygen atoms in total. The summed E-state index contributed by atoms with van der Waals surface area (Å²) >= 11 is 0. The van der Waals surface area contributed by atoms with E-state index in [-0.39, 0.29) is 30.3 Å². The SMILES string of the molecule is Cc1ccc(OCc2ccc(C(=O)NCC(C)(C)CCO)o2)c(C)c1. The first-order chi connectivity index (χ1) is 11.8. The standard InChI is InChI=1S/C20H27NO4/c1-14-5-7-17(15(2)11-14)24-12-16-6-8-18(25-16)19(23)21-13-20(3,4)9-10-22/h5-8,11,22H,9-10,12-13H2,1-4H3,(H,21,23). The number of amides is 1. The largest absolute Gasteiger partial charge is 0.485 e. The Morgan fingerprint density at radius 1 is 1.24 bits per heavy atom. The van der Waals surface area contributed by atoms with Crippen LogP contribution in [0.15, 0.2) is 34.7 Å². The molecule has 0 saturated heterocycles. The Balaban J connectivity index is 1.90. The Labute approximate surface area is 149 Å². The van der Waals surface area contributed by atoms with Crippen molar-refractivity contribution in [2.75, 3.05) is 13.2 Å². The summed E-state index contributed by atoms with van der Waals surface area (Å²) in [7, 11) is 0. The molecule has 0 saturated carbocycles. The summed E-state index contributed by atoms with van der Waals surface area (Å²) in [5.74, 6) is 1.40. The highest BCUT2D eigenvalue weighted by molar-refractivity contribution is 5.91. The van der Waals surface area contributed by atoms with E-state index in [2.05, 4.69) is 11.4 Å². The second-order valence-electron chi connectivity index (χ2n) is 7.14. The lowest BCUT2D eigenvalue weighted by atomic mass is 9.90. The second-order valence-corrected chi connectivity index (χ2v) is 7.14. The number of hydrogen-bond donors (Lipinski definition) is 2. The van der Waals surface area contributed by atoms with E-state index < -0.39 is 0 Å². The van der Waals surface area contributed by atoms with Crippen molar-refractivity contribution in [2.45, 2.75) is 40.7 Å². The summed E-state index contributed by atoms with van der Waals surface area (Å²) in [6, 6.07) is 9.39. The highest BCUT2D eigenvalue weighted by Gasteiger charge is 2.20. The van der Waals surface area contributed by atoms with Gasteiger partial charge in [0.25, 0.3) is 5.91 Å². The number of rotatable bonds is 8. The second kappa shape index (κ2) is 8.21. The molecule has 136 valence electrons. The van der Waals surface area contributed by atoms with Crippen LogP contribution in [0.25, 0.3) is 0 Å². The Hall–Kier alpha value is -2.27. The number of nitrogens with one attached hydrogen (secondary N) is 1. The zero-order valence-electron chi connectivity index (χ0n) is 15.4. The molecule has 0 aliphatic heterocycles. The molecule has 25 heavy (non-hydrogen) atoms. The lowest BCUT2D eigenvalue weighted by molar-refractivity contribution is 0.0896. The van der Waals surface area contributed by atoms with Crippen molar-refractivity contribution in [3.63, 3.8) is 0 Å². The van der Waals surface area contributed by atoms with E-state index in [9.17, 15) is 4.79 Å². The van der Waals surface area contributed by atoms with Gasteiger partial charge in [0.2, 0.25) is 0 Å². The van der Waals surface area contributed by atoms with Gasteiger partial charge in [0.1, 0.15) is 18.1 Å². The maximum atomic E-state index is 12.2. The van der Waals surface area contributed by atoms with Crippen LogP contribution in [-0.4, -0.2) is 24.2 Å². The summed E-state index contributed by atoms with van der Waals surface area (Å²) in [5, 5.41) is 11.9. The molecule has 1 heterocycles. The fraction of sp³-hybridized carbons (Fsp3) is 0.450. The van der Waals surface area contributed by atoms with Gasteiger partial charge in [0, 0.05) is 13.2 Å². The van der Waals surface area contributed by atoms with Gasteiger partial charge in [-0.15, -0.1) is 0 Å². The minimum Gasteiger partial charge on any atom is -0.485 e. The Morgan fingerprint density at radius 3 is 2.68 bits per heavy atom. The van der Waals surface area contributed by atoms with Crippen molar-refractivity contribution >= 4 is 5.91 Å². The van der Waals surface area contributed by atoms with E-state index in [0.717, 1.165) is 11.3 Å². The fourth-order valence-electron chi connectivity index (χ4n) is 2.49. The van der Waals surface area contributed by atoms with Gasteiger partial charge < -0.3 is 19.6 Å². The first kappa shape index (κ1) is 19.1. The molecular formula is C20H27NO4. The Kier molecular flexibility index (Phi) is 6.26. The summed E-state index contributed by atoms with van der Waals surface area (Å²) in [4.78, 5) is 12.2. The van der Waals surface area contributed by atoms with Crippen LogP contribution in [0.2, 0.25) is 0 Å². The highest BCUT2D eigenvalue weighted by atomic mass is 16.5. The van der Waals surface area contributed by atoms with Crippen molar-refractivity contribution in [3.05, 3.63) is 53.0 Å². The Morgan fingerprint density at radius 2 is 2.00 bits per heavy atom. The third-order valence-electron chi connectivity index (χ3n) is 4.10. The molecule has 1 aromatic heterocycles. The van der Waals surface area contributed by atoms with Crippen LogP contribution in [0.5, 0.6) is 5.75 Å². The van der Waals surface area contributed by atoms with Crippen molar-refractivity contribution in [2.24, 2.45) is 5.41 Å². The van der Waals surface area contributed by atoms with Crippen molar-refractivity contribution in [1.29, 1.82) is 0 Å². The summed E-state index contributed by atoms with van der Waals surface area (Å²) in [5.41, 5.74) is 2.09. The molecule has 0 aliphatic carbocycles. The first-order valence-corrected chi connectivity index (χ1v) is 8.48. The molecule has 5 heteroatoms. The number of aliphatic hydroxyl groups excluding tert-OH is 1. The zero-order chi connectivity index (χ0) is 18.4. The molecule has 0 spiro atoms. The molecule has 0 atom stereocenters. The predicted octanol–water partition coefficient (Wildman–Crippen LogP) is 3.61. The molecule has 2 aromatic rings. The van der Waals surface area contributed by atoms with Gasteiger partial charge in [-0.2, -0.15) is 0 Å². The van der Waals surface area contributed by atoms with Crippen molar-refractivity contribution in [3.8, 4) is 5.75 Å². The molecule has 0 fully saturated rings. The van der Waals surface area contributed by atoms with E-state index in [1.807, 2.05) is 39.8 Å². The van der Waals surface area contributed by atoms with E-state index in [4.69, 9.17) is 14.3 Å². The zero-order valence-corrected chi connectivity index (χ0v) is 15.4. The van der Waals surface area contributed by atoms with Gasteiger partial charge in [-0.05, 0) is 49.4 Å². The smallest absolute Gasteiger partial charge is 0.287 e. The number of carbonyl (C=O) groups is 1. The van der Waals surface area contributed by atoms with Crippen molar-refractivity contribution in [1.82, 2.24) is 5.32 Å². The summed E-state index contributed by atoms with van der Waals surface area (Å²) in [6.07, 6.45) is 0.625. The van der Waals surface area contributed by atoms with Crippen LogP contribution in [0, 0.1) is 19.3 Å². The van der Waals surface area contributed by atoms with Crippen LogP contribution in [0.4, 0.5) is 0 Å². The minimum atomic E-state index is -0.260. The van der Waals surface area contributed by atoms with E-state index in [1.54, 1.807) is 12.1 Å². The molecule has 0 unspecified atom stereocenters. The predicted molar refractivity (Wildman–Crippen MR) is 96.8 cm³/mol. The van der Waals surface area contributed by atoms with Gasteiger partial charge in [-0.25, -0.2) is 0 Å². The lowest BCUT2D eigenvalue weighted by Gasteiger charge is -2.23. The molecule has 2 rings (SSSR count). The van der Waals surface area contributed by atoms with Gasteiger partial charge in [0.05, 0.1) is 0 Å². The first-order valence-electron chi connectivity index (χ1n) is 8.48. The van der Waals surface area contributed by atoms with Gasteiger partial charge in [-0.3, -0.25) is 4.79 Å². The van der Waals surface area contributed by atoms with Crippen molar-refractivity contribution < 1.29 is 19.1 Å². The van der Waals surface area contributed by atoms with Gasteiger partial charge in [-0.1, -0.05) is 31.5 Å². The van der Waals surface area contributed by atoms with Crippen LogP contribution < -0.4 is 10.1 Å². The molecule has 2 N–H and O–H groups in total. The number of aryl methyl sites for hydroxylation is 2. The van der Waals surface area contributed by atoms with E-state index in [1.165, 1.54) is 5.56 Å². The van der Waals surface area contributed by atoms with E-state index >= 15 is 0 Å². The number of aliphatic hydroxyl groups is 1. The van der Waals surface area contributed by atoms with Gasteiger partial charge in [0.15, 0.2) is 5.76 Å². The quantitative estimate of drug-likeness (QED) is 0.766. The molecule has 0 bridgehead atoms. The maximum absolute atomic E-state index is 12.2. The monoisotopic (exact) mass is 345 g/mol. The van der Waals surface area contributed by atoms with Crippen LogP contribution >= 0.6 is 0 Å². The summed E-state index contributed by atoms with van der Waals surface area (Å²) in [6.45, 7) is 8.87. The maximum Gasteiger partial charge on any atom is 0.287 e. The third kappa shape index (κ3) is 5.64. The van der Waals surface area contributed by atoms with Crippen LogP contribution in [0.1, 0.15) is 47.7 Å². The normalized spacial score (nSPS) is 11.4. The minimum absolute atomic E-state index is 0.101.